The Kier molecular flexibility index (Phi) is 4.77. The molecule has 0 aliphatic carbocycles. The second-order valence-electron chi connectivity index (χ2n) is 3.49. The summed E-state index contributed by atoms with van der Waals surface area (Å²) < 4.78 is 5.56. The average Bonchev–Trinajstić information content (AvgIpc) is 2.11. The van der Waals surface area contributed by atoms with Gasteiger partial charge in [0.25, 0.3) is 0 Å². The van der Waals surface area contributed by atoms with Crippen molar-refractivity contribution in [1.82, 2.24) is 9.97 Å². The summed E-state index contributed by atoms with van der Waals surface area (Å²) in [5, 5.41) is 0.686. The van der Waals surface area contributed by atoms with Gasteiger partial charge in [0.15, 0.2) is 5.82 Å². The van der Waals surface area contributed by atoms with Crippen LogP contribution in [0.2, 0.25) is 10.3 Å². The zero-order chi connectivity index (χ0) is 11.4. The normalized spacial score (nSPS) is 13.2. The van der Waals surface area contributed by atoms with Crippen LogP contribution in [-0.2, 0) is 4.74 Å². The van der Waals surface area contributed by atoms with Crippen LogP contribution in [0.3, 0.4) is 0 Å². The lowest BCUT2D eigenvalue weighted by molar-refractivity contribution is 0.0232. The minimum atomic E-state index is -0.161. The van der Waals surface area contributed by atoms with E-state index < -0.39 is 0 Å². The van der Waals surface area contributed by atoms with Gasteiger partial charge in [0.05, 0.1) is 0 Å². The summed E-state index contributed by atoms with van der Waals surface area (Å²) in [6.07, 6.45) is -0.161. The fourth-order valence-electron chi connectivity index (χ4n) is 1.28. The summed E-state index contributed by atoms with van der Waals surface area (Å²) in [5.74, 6) is 0.823. The van der Waals surface area contributed by atoms with E-state index in [2.05, 4.69) is 9.97 Å². The average molecular weight is 249 g/mol. The Balaban J connectivity index is 2.99. The van der Waals surface area contributed by atoms with Gasteiger partial charge >= 0.3 is 0 Å². The molecule has 0 amide bonds. The van der Waals surface area contributed by atoms with Crippen LogP contribution in [0.5, 0.6) is 0 Å². The largest absolute Gasteiger partial charge is 0.370 e. The van der Waals surface area contributed by atoms with Crippen molar-refractivity contribution in [2.45, 2.75) is 26.9 Å². The van der Waals surface area contributed by atoms with Gasteiger partial charge in [-0.2, -0.15) is 0 Å². The van der Waals surface area contributed by atoms with E-state index in [0.29, 0.717) is 22.7 Å². The highest BCUT2D eigenvalue weighted by Crippen LogP contribution is 2.25. The van der Waals surface area contributed by atoms with Crippen molar-refractivity contribution in [3.8, 4) is 0 Å². The van der Waals surface area contributed by atoms with E-state index >= 15 is 0 Å². The maximum absolute atomic E-state index is 5.81. The lowest BCUT2D eigenvalue weighted by Crippen LogP contribution is -2.14. The third kappa shape index (κ3) is 3.59. The lowest BCUT2D eigenvalue weighted by Gasteiger charge is -2.19. The Hall–Kier alpha value is -0.380. The first-order valence-electron chi connectivity index (χ1n) is 4.86. The zero-order valence-electron chi connectivity index (χ0n) is 9.00. The van der Waals surface area contributed by atoms with Crippen molar-refractivity contribution in [1.29, 1.82) is 0 Å². The van der Waals surface area contributed by atoms with E-state index in [-0.39, 0.29) is 12.0 Å². The highest BCUT2D eigenvalue weighted by Gasteiger charge is 2.19. The van der Waals surface area contributed by atoms with Crippen LogP contribution < -0.4 is 0 Å². The molecule has 0 fully saturated rings. The fourth-order valence-corrected chi connectivity index (χ4v) is 1.71. The minimum absolute atomic E-state index is 0.161. The lowest BCUT2D eigenvalue weighted by atomic mass is 10.1. The molecule has 1 atom stereocenters. The molecule has 15 heavy (non-hydrogen) atoms. The molecule has 1 aromatic rings. The summed E-state index contributed by atoms with van der Waals surface area (Å²) >= 11 is 11.6. The standard InChI is InChI=1S/C10H14Cl2N2O/c1-4-15-9(6(2)3)10-13-7(11)5-8(12)14-10/h5-6,9H,4H2,1-3H3. The number of hydrogen-bond acceptors (Lipinski definition) is 3. The van der Waals surface area contributed by atoms with Crippen molar-refractivity contribution in [3.63, 3.8) is 0 Å². The zero-order valence-corrected chi connectivity index (χ0v) is 10.5. The topological polar surface area (TPSA) is 35.0 Å². The second-order valence-corrected chi connectivity index (χ2v) is 4.27. The first kappa shape index (κ1) is 12.7. The third-order valence-electron chi connectivity index (χ3n) is 1.89. The Morgan fingerprint density at radius 1 is 1.27 bits per heavy atom. The van der Waals surface area contributed by atoms with Gasteiger partial charge in [0.2, 0.25) is 0 Å². The van der Waals surface area contributed by atoms with E-state index in [1.165, 1.54) is 6.07 Å². The number of rotatable bonds is 4. The molecule has 0 aliphatic rings. The molecule has 84 valence electrons. The first-order valence-corrected chi connectivity index (χ1v) is 5.61. The Labute approximate surface area is 99.8 Å². The van der Waals surface area contributed by atoms with Gasteiger partial charge in [0.1, 0.15) is 16.4 Å². The summed E-state index contributed by atoms with van der Waals surface area (Å²) in [6, 6.07) is 1.51. The number of hydrogen-bond donors (Lipinski definition) is 0. The second kappa shape index (κ2) is 5.64. The quantitative estimate of drug-likeness (QED) is 0.766. The Morgan fingerprint density at radius 3 is 2.20 bits per heavy atom. The maximum atomic E-state index is 5.81. The predicted octanol–water partition coefficient (Wildman–Crippen LogP) is 3.52. The molecule has 0 saturated carbocycles. The molecule has 0 N–H and O–H groups in total. The number of aromatic nitrogens is 2. The SMILES string of the molecule is CCOC(c1nc(Cl)cc(Cl)n1)C(C)C. The van der Waals surface area contributed by atoms with Crippen LogP contribution in [0.1, 0.15) is 32.7 Å². The molecule has 1 aromatic heterocycles. The van der Waals surface area contributed by atoms with Crippen molar-refractivity contribution in [2.24, 2.45) is 5.92 Å². The Bertz CT molecular complexity index is 311. The monoisotopic (exact) mass is 248 g/mol. The van der Waals surface area contributed by atoms with Gasteiger partial charge in [-0.25, -0.2) is 9.97 Å². The Morgan fingerprint density at radius 2 is 1.80 bits per heavy atom. The molecular weight excluding hydrogens is 235 g/mol. The van der Waals surface area contributed by atoms with Gasteiger partial charge < -0.3 is 4.74 Å². The fraction of sp³-hybridized carbons (Fsp3) is 0.600. The van der Waals surface area contributed by atoms with Crippen LogP contribution in [0.4, 0.5) is 0 Å². The molecule has 0 saturated heterocycles. The van der Waals surface area contributed by atoms with Crippen LogP contribution in [0.25, 0.3) is 0 Å². The molecule has 5 heteroatoms. The van der Waals surface area contributed by atoms with Gasteiger partial charge in [-0.3, -0.25) is 0 Å². The summed E-state index contributed by atoms with van der Waals surface area (Å²) in [4.78, 5) is 8.24. The van der Waals surface area contributed by atoms with Gasteiger partial charge in [0, 0.05) is 12.7 Å². The van der Waals surface area contributed by atoms with Crippen LogP contribution in [-0.4, -0.2) is 16.6 Å². The van der Waals surface area contributed by atoms with E-state index in [4.69, 9.17) is 27.9 Å². The summed E-state index contributed by atoms with van der Waals surface area (Å²) in [6.45, 7) is 6.62. The molecule has 1 unspecified atom stereocenters. The molecular formula is C10H14Cl2N2O. The number of ether oxygens (including phenoxy) is 1. The number of nitrogens with zero attached hydrogens (tertiary/aromatic N) is 2. The third-order valence-corrected chi connectivity index (χ3v) is 2.27. The van der Waals surface area contributed by atoms with E-state index in [1.807, 2.05) is 20.8 Å². The first-order chi connectivity index (χ1) is 7.04. The molecule has 0 bridgehead atoms. The molecule has 1 heterocycles. The van der Waals surface area contributed by atoms with Crippen LogP contribution in [0, 0.1) is 5.92 Å². The van der Waals surface area contributed by atoms with E-state index in [0.717, 1.165) is 0 Å². The molecule has 0 radical (unpaired) electrons. The van der Waals surface area contributed by atoms with Crippen LogP contribution in [0.15, 0.2) is 6.07 Å². The highest BCUT2D eigenvalue weighted by atomic mass is 35.5. The van der Waals surface area contributed by atoms with Crippen molar-refractivity contribution >= 4 is 23.2 Å². The van der Waals surface area contributed by atoms with Gasteiger partial charge in [-0.15, -0.1) is 0 Å². The number of halogens is 2. The molecule has 3 nitrogen and oxygen atoms in total. The summed E-state index contributed by atoms with van der Waals surface area (Å²) in [5.41, 5.74) is 0. The molecule has 0 aliphatic heterocycles. The van der Waals surface area contributed by atoms with E-state index in [1.54, 1.807) is 0 Å². The minimum Gasteiger partial charge on any atom is -0.370 e. The van der Waals surface area contributed by atoms with Crippen molar-refractivity contribution in [3.05, 3.63) is 22.2 Å². The summed E-state index contributed by atoms with van der Waals surface area (Å²) in [7, 11) is 0. The molecule has 1 rings (SSSR count). The predicted molar refractivity (Wildman–Crippen MR) is 61.3 cm³/mol. The van der Waals surface area contributed by atoms with E-state index in [9.17, 15) is 0 Å². The van der Waals surface area contributed by atoms with Crippen molar-refractivity contribution < 1.29 is 4.74 Å². The van der Waals surface area contributed by atoms with Crippen LogP contribution >= 0.6 is 23.2 Å². The highest BCUT2D eigenvalue weighted by molar-refractivity contribution is 6.33. The van der Waals surface area contributed by atoms with Gasteiger partial charge in [-0.1, -0.05) is 37.0 Å². The smallest absolute Gasteiger partial charge is 0.160 e. The molecule has 0 spiro atoms. The maximum Gasteiger partial charge on any atom is 0.160 e. The van der Waals surface area contributed by atoms with Gasteiger partial charge in [-0.05, 0) is 12.8 Å². The molecule has 0 aromatic carbocycles. The van der Waals surface area contributed by atoms with Crippen molar-refractivity contribution in [2.75, 3.05) is 6.61 Å².